The second-order valence-corrected chi connectivity index (χ2v) is 9.99. The zero-order chi connectivity index (χ0) is 29.7. The van der Waals surface area contributed by atoms with E-state index in [4.69, 9.17) is 18.9 Å². The van der Waals surface area contributed by atoms with E-state index in [1.807, 2.05) is 37.3 Å². The fourth-order valence-electron chi connectivity index (χ4n) is 3.53. The molecule has 9 nitrogen and oxygen atoms in total. The summed E-state index contributed by atoms with van der Waals surface area (Å²) in [5.41, 5.74) is 3.94. The third kappa shape index (κ3) is 11.3. The molecule has 0 aliphatic heterocycles. The number of carbonyl (C=O) groups is 2. The van der Waals surface area contributed by atoms with Crippen LogP contribution in [-0.4, -0.2) is 43.1 Å². The normalized spacial score (nSPS) is 12.0. The molecule has 0 radical (unpaired) electrons. The van der Waals surface area contributed by atoms with Crippen molar-refractivity contribution < 1.29 is 32.9 Å². The maximum absolute atomic E-state index is 13.5. The molecular weight excluding hydrogens is 529 g/mol. The number of nitrogens with one attached hydrogen (secondary N) is 2. The summed E-state index contributed by atoms with van der Waals surface area (Å²) in [7, 11) is 0. The van der Waals surface area contributed by atoms with Gasteiger partial charge in [0, 0.05) is 0 Å². The maximum atomic E-state index is 13.5. The fourth-order valence-corrected chi connectivity index (χ4v) is 3.53. The quantitative estimate of drug-likeness (QED) is 0.213. The van der Waals surface area contributed by atoms with E-state index in [2.05, 4.69) is 15.8 Å². The molecule has 2 N–H and O–H groups in total. The minimum atomic E-state index is -1.05. The van der Waals surface area contributed by atoms with Crippen LogP contribution in [0, 0.1) is 5.82 Å². The predicted octanol–water partition coefficient (Wildman–Crippen LogP) is 5.36. The number of benzene rings is 3. The highest BCUT2D eigenvalue weighted by atomic mass is 19.1. The first-order valence-corrected chi connectivity index (χ1v) is 13.2. The molecule has 0 saturated carbocycles. The number of rotatable bonds is 13. The fraction of sp³-hybridized carbons (Fsp3) is 0.323. The number of hydrogen-bond acceptors (Lipinski definition) is 7. The largest absolute Gasteiger partial charge is 0.490 e. The van der Waals surface area contributed by atoms with Crippen molar-refractivity contribution >= 4 is 18.2 Å². The van der Waals surface area contributed by atoms with Gasteiger partial charge < -0.3 is 24.3 Å². The minimum Gasteiger partial charge on any atom is -0.490 e. The van der Waals surface area contributed by atoms with Gasteiger partial charge in [-0.1, -0.05) is 42.5 Å². The number of nitrogens with zero attached hydrogens (tertiary/aromatic N) is 1. The Labute approximate surface area is 239 Å². The average molecular weight is 566 g/mol. The highest BCUT2D eigenvalue weighted by Crippen LogP contribution is 2.29. The van der Waals surface area contributed by atoms with Gasteiger partial charge >= 0.3 is 6.09 Å². The lowest BCUT2D eigenvalue weighted by molar-refractivity contribution is -0.124. The number of amides is 2. The molecule has 10 heteroatoms. The van der Waals surface area contributed by atoms with Crippen molar-refractivity contribution in [1.82, 2.24) is 10.7 Å². The summed E-state index contributed by atoms with van der Waals surface area (Å²) < 4.78 is 36.0. The van der Waals surface area contributed by atoms with Crippen LogP contribution in [0.15, 0.2) is 77.9 Å². The molecule has 1 atom stereocenters. The Bertz CT molecular complexity index is 1310. The predicted molar refractivity (Wildman–Crippen MR) is 153 cm³/mol. The van der Waals surface area contributed by atoms with Crippen molar-refractivity contribution in [3.63, 3.8) is 0 Å². The maximum Gasteiger partial charge on any atom is 0.408 e. The van der Waals surface area contributed by atoms with Crippen molar-refractivity contribution in [1.29, 1.82) is 0 Å². The summed E-state index contributed by atoms with van der Waals surface area (Å²) in [6.45, 7) is 7.76. The second kappa shape index (κ2) is 15.4. The topological polar surface area (TPSA) is 107 Å². The van der Waals surface area contributed by atoms with E-state index in [-0.39, 0.29) is 25.6 Å². The summed E-state index contributed by atoms with van der Waals surface area (Å²) in [5.74, 6) is 0.0312. The highest BCUT2D eigenvalue weighted by Gasteiger charge is 2.24. The Morgan fingerprint density at radius 2 is 1.68 bits per heavy atom. The molecule has 3 aromatic rings. The minimum absolute atomic E-state index is 0.0959. The van der Waals surface area contributed by atoms with Gasteiger partial charge in [-0.15, -0.1) is 0 Å². The molecule has 0 aromatic heterocycles. The summed E-state index contributed by atoms with van der Waals surface area (Å²) in [6.07, 6.45) is 0.687. The van der Waals surface area contributed by atoms with Crippen molar-refractivity contribution in [3.8, 4) is 11.5 Å². The van der Waals surface area contributed by atoms with Crippen LogP contribution in [-0.2, 0) is 27.5 Å². The standard InChI is InChI=1S/C31H36FN3O6/c1-5-39-28-17-23(14-15-27(28)40-20-24-12-9-13-25(32)16-24)18-33-35-29(36)26(34-30(37)41-31(2,3)4)21-38-19-22-10-7-6-8-11-22/h6-18,26H,5,19-21H2,1-4H3,(H,34,37)(H,35,36)/b33-18-/t26-/m0/s1. The van der Waals surface area contributed by atoms with Crippen molar-refractivity contribution in [3.05, 3.63) is 95.3 Å². The molecule has 41 heavy (non-hydrogen) atoms. The van der Waals surface area contributed by atoms with Crippen LogP contribution in [0.25, 0.3) is 0 Å². The van der Waals surface area contributed by atoms with Gasteiger partial charge in [-0.3, -0.25) is 4.79 Å². The monoisotopic (exact) mass is 565 g/mol. The van der Waals surface area contributed by atoms with Crippen LogP contribution < -0.4 is 20.2 Å². The Kier molecular flexibility index (Phi) is 11.7. The number of halogens is 1. The van der Waals surface area contributed by atoms with Gasteiger partial charge in [-0.25, -0.2) is 14.6 Å². The van der Waals surface area contributed by atoms with Gasteiger partial charge in [-0.05, 0) is 74.7 Å². The van der Waals surface area contributed by atoms with Gasteiger partial charge in [0.2, 0.25) is 0 Å². The smallest absolute Gasteiger partial charge is 0.408 e. The summed E-state index contributed by atoms with van der Waals surface area (Å²) >= 11 is 0. The lowest BCUT2D eigenvalue weighted by atomic mass is 10.2. The molecule has 0 spiro atoms. The summed E-state index contributed by atoms with van der Waals surface area (Å²) in [5, 5.41) is 6.57. The van der Waals surface area contributed by atoms with E-state index in [1.54, 1.807) is 51.1 Å². The second-order valence-electron chi connectivity index (χ2n) is 9.99. The molecule has 0 bridgehead atoms. The Hall–Kier alpha value is -4.44. The number of alkyl carbamates (subject to hydrolysis) is 1. The molecule has 0 unspecified atom stereocenters. The lowest BCUT2D eigenvalue weighted by Crippen LogP contribution is -2.49. The highest BCUT2D eigenvalue weighted by molar-refractivity contribution is 5.87. The van der Waals surface area contributed by atoms with Gasteiger partial charge in [0.15, 0.2) is 11.5 Å². The Morgan fingerprint density at radius 3 is 2.39 bits per heavy atom. The van der Waals surface area contributed by atoms with Gasteiger partial charge in [0.05, 0.1) is 26.0 Å². The lowest BCUT2D eigenvalue weighted by Gasteiger charge is -2.22. The van der Waals surface area contributed by atoms with Gasteiger partial charge in [0.25, 0.3) is 5.91 Å². The molecule has 0 heterocycles. The van der Waals surface area contributed by atoms with Crippen LogP contribution in [0.1, 0.15) is 44.4 Å². The van der Waals surface area contributed by atoms with Gasteiger partial charge in [0.1, 0.15) is 24.1 Å². The molecular formula is C31H36FN3O6. The van der Waals surface area contributed by atoms with Crippen LogP contribution >= 0.6 is 0 Å². The van der Waals surface area contributed by atoms with E-state index in [9.17, 15) is 14.0 Å². The van der Waals surface area contributed by atoms with Crippen molar-refractivity contribution in [2.24, 2.45) is 5.10 Å². The molecule has 3 rings (SSSR count). The number of hydrazone groups is 1. The number of ether oxygens (including phenoxy) is 4. The van der Waals surface area contributed by atoms with Crippen molar-refractivity contribution in [2.75, 3.05) is 13.2 Å². The SMILES string of the molecule is CCOc1cc(/C=N\NC(=O)[C@H](COCc2ccccc2)NC(=O)OC(C)(C)C)ccc1OCc1cccc(F)c1. The van der Waals surface area contributed by atoms with Crippen molar-refractivity contribution in [2.45, 2.75) is 52.6 Å². The third-order valence-corrected chi connectivity index (χ3v) is 5.34. The number of hydrogen-bond donors (Lipinski definition) is 2. The first kappa shape index (κ1) is 31.1. The van der Waals surface area contributed by atoms with E-state index in [0.29, 0.717) is 29.2 Å². The van der Waals surface area contributed by atoms with E-state index in [0.717, 1.165) is 5.56 Å². The molecule has 0 saturated heterocycles. The third-order valence-electron chi connectivity index (χ3n) is 5.34. The van der Waals surface area contributed by atoms with Crippen LogP contribution in [0.4, 0.5) is 9.18 Å². The molecule has 218 valence electrons. The summed E-state index contributed by atoms with van der Waals surface area (Å²) in [6, 6.07) is 19.7. The molecule has 3 aromatic carbocycles. The van der Waals surface area contributed by atoms with Crippen LogP contribution in [0.5, 0.6) is 11.5 Å². The Balaban J connectivity index is 1.63. The Morgan fingerprint density at radius 1 is 0.927 bits per heavy atom. The van der Waals surface area contributed by atoms with E-state index < -0.39 is 23.6 Å². The molecule has 0 aliphatic rings. The molecule has 2 amide bonds. The van der Waals surface area contributed by atoms with Crippen LogP contribution in [0.2, 0.25) is 0 Å². The number of carbonyl (C=O) groups excluding carboxylic acids is 2. The first-order valence-electron chi connectivity index (χ1n) is 13.2. The van der Waals surface area contributed by atoms with Gasteiger partial charge in [-0.2, -0.15) is 5.10 Å². The summed E-state index contributed by atoms with van der Waals surface area (Å²) in [4.78, 5) is 25.2. The first-order chi connectivity index (χ1) is 19.6. The zero-order valence-corrected chi connectivity index (χ0v) is 23.7. The van der Waals surface area contributed by atoms with E-state index in [1.165, 1.54) is 18.3 Å². The molecule has 0 aliphatic carbocycles. The molecule has 0 fully saturated rings. The zero-order valence-electron chi connectivity index (χ0n) is 23.7. The van der Waals surface area contributed by atoms with E-state index >= 15 is 0 Å². The average Bonchev–Trinajstić information content (AvgIpc) is 2.92. The van der Waals surface area contributed by atoms with Crippen LogP contribution in [0.3, 0.4) is 0 Å².